The van der Waals surface area contributed by atoms with E-state index < -0.39 is 5.79 Å². The minimum atomic E-state index is -0.500. The SMILES string of the molecule is CN(C)CCCC(=O)OCCC1COC(C)(C)O1. The Hall–Kier alpha value is -0.650. The number of rotatable bonds is 7. The molecule has 1 rings (SSSR count). The van der Waals surface area contributed by atoms with E-state index in [0.717, 1.165) is 13.0 Å². The van der Waals surface area contributed by atoms with E-state index in [1.54, 1.807) is 0 Å². The molecule has 18 heavy (non-hydrogen) atoms. The lowest BCUT2D eigenvalue weighted by molar-refractivity contribution is -0.148. The van der Waals surface area contributed by atoms with E-state index in [-0.39, 0.29) is 12.1 Å². The maximum absolute atomic E-state index is 11.4. The maximum Gasteiger partial charge on any atom is 0.305 e. The summed E-state index contributed by atoms with van der Waals surface area (Å²) in [6.07, 6.45) is 2.05. The van der Waals surface area contributed by atoms with Gasteiger partial charge in [-0.05, 0) is 40.9 Å². The fourth-order valence-corrected chi connectivity index (χ4v) is 1.82. The highest BCUT2D eigenvalue weighted by atomic mass is 16.7. The molecule has 5 heteroatoms. The summed E-state index contributed by atoms with van der Waals surface area (Å²) in [5, 5.41) is 0. The molecule has 0 amide bonds. The third-order valence-corrected chi connectivity index (χ3v) is 2.76. The van der Waals surface area contributed by atoms with E-state index in [2.05, 4.69) is 4.90 Å². The van der Waals surface area contributed by atoms with Crippen LogP contribution < -0.4 is 0 Å². The molecule has 1 saturated heterocycles. The summed E-state index contributed by atoms with van der Waals surface area (Å²) in [4.78, 5) is 13.5. The van der Waals surface area contributed by atoms with Crippen LogP contribution in [0, 0.1) is 0 Å². The van der Waals surface area contributed by atoms with Crippen LogP contribution in [0.4, 0.5) is 0 Å². The number of carbonyl (C=O) groups is 1. The minimum Gasteiger partial charge on any atom is -0.466 e. The predicted molar refractivity (Wildman–Crippen MR) is 68.3 cm³/mol. The molecule has 0 aromatic carbocycles. The first-order valence-electron chi connectivity index (χ1n) is 6.51. The number of hydrogen-bond acceptors (Lipinski definition) is 5. The molecule has 0 aromatic heterocycles. The highest BCUT2D eigenvalue weighted by Crippen LogP contribution is 2.23. The molecule has 0 saturated carbocycles. The van der Waals surface area contributed by atoms with Crippen LogP contribution in [0.5, 0.6) is 0 Å². The van der Waals surface area contributed by atoms with Crippen molar-refractivity contribution in [2.24, 2.45) is 0 Å². The summed E-state index contributed by atoms with van der Waals surface area (Å²) >= 11 is 0. The van der Waals surface area contributed by atoms with Crippen molar-refractivity contribution in [1.29, 1.82) is 0 Å². The highest BCUT2D eigenvalue weighted by molar-refractivity contribution is 5.69. The van der Waals surface area contributed by atoms with Crippen molar-refractivity contribution < 1.29 is 19.0 Å². The minimum absolute atomic E-state index is 0.0366. The van der Waals surface area contributed by atoms with Gasteiger partial charge < -0.3 is 19.1 Å². The summed E-state index contributed by atoms with van der Waals surface area (Å²) < 4.78 is 16.2. The van der Waals surface area contributed by atoms with Crippen LogP contribution in [0.1, 0.15) is 33.1 Å². The fraction of sp³-hybridized carbons (Fsp3) is 0.923. The average Bonchev–Trinajstić information content (AvgIpc) is 2.57. The van der Waals surface area contributed by atoms with Crippen molar-refractivity contribution in [3.8, 4) is 0 Å². The molecule has 1 heterocycles. The van der Waals surface area contributed by atoms with Gasteiger partial charge in [0.1, 0.15) is 0 Å². The molecular weight excluding hydrogens is 234 g/mol. The molecular formula is C13H25NO4. The zero-order valence-corrected chi connectivity index (χ0v) is 11.9. The Morgan fingerprint density at radius 1 is 1.44 bits per heavy atom. The van der Waals surface area contributed by atoms with E-state index in [4.69, 9.17) is 14.2 Å². The van der Waals surface area contributed by atoms with Gasteiger partial charge >= 0.3 is 5.97 Å². The van der Waals surface area contributed by atoms with Crippen molar-refractivity contribution >= 4 is 5.97 Å². The molecule has 0 radical (unpaired) electrons. The lowest BCUT2D eigenvalue weighted by Gasteiger charge is -2.17. The third-order valence-electron chi connectivity index (χ3n) is 2.76. The molecule has 0 bridgehead atoms. The van der Waals surface area contributed by atoms with Gasteiger partial charge in [0.05, 0.1) is 19.3 Å². The van der Waals surface area contributed by atoms with Crippen LogP contribution in [-0.2, 0) is 19.0 Å². The van der Waals surface area contributed by atoms with Crippen LogP contribution in [0.3, 0.4) is 0 Å². The molecule has 1 aliphatic heterocycles. The molecule has 5 nitrogen and oxygen atoms in total. The second-order valence-corrected chi connectivity index (χ2v) is 5.37. The van der Waals surface area contributed by atoms with Crippen molar-refractivity contribution in [3.05, 3.63) is 0 Å². The van der Waals surface area contributed by atoms with Gasteiger partial charge in [-0.3, -0.25) is 4.79 Å². The van der Waals surface area contributed by atoms with Crippen LogP contribution in [0.2, 0.25) is 0 Å². The first-order valence-corrected chi connectivity index (χ1v) is 6.51. The van der Waals surface area contributed by atoms with E-state index in [1.807, 2.05) is 27.9 Å². The first kappa shape index (κ1) is 15.4. The molecule has 1 unspecified atom stereocenters. The monoisotopic (exact) mass is 259 g/mol. The Labute approximate surface area is 109 Å². The smallest absolute Gasteiger partial charge is 0.305 e. The zero-order chi connectivity index (χ0) is 13.6. The van der Waals surface area contributed by atoms with Crippen molar-refractivity contribution in [2.45, 2.75) is 45.0 Å². The topological polar surface area (TPSA) is 48.0 Å². The van der Waals surface area contributed by atoms with Gasteiger partial charge in [0.2, 0.25) is 0 Å². The van der Waals surface area contributed by atoms with Gasteiger partial charge in [-0.15, -0.1) is 0 Å². The largest absolute Gasteiger partial charge is 0.466 e. The zero-order valence-electron chi connectivity index (χ0n) is 11.9. The Balaban J connectivity index is 2.02. The Morgan fingerprint density at radius 3 is 2.72 bits per heavy atom. The van der Waals surface area contributed by atoms with Gasteiger partial charge in [-0.1, -0.05) is 0 Å². The summed E-state index contributed by atoms with van der Waals surface area (Å²) in [7, 11) is 3.98. The van der Waals surface area contributed by atoms with Crippen LogP contribution in [0.15, 0.2) is 0 Å². The first-order chi connectivity index (χ1) is 8.39. The number of carbonyl (C=O) groups excluding carboxylic acids is 1. The number of hydrogen-bond donors (Lipinski definition) is 0. The number of esters is 1. The van der Waals surface area contributed by atoms with Crippen LogP contribution in [0.25, 0.3) is 0 Å². The van der Waals surface area contributed by atoms with E-state index in [1.165, 1.54) is 0 Å². The highest BCUT2D eigenvalue weighted by Gasteiger charge is 2.32. The number of ether oxygens (including phenoxy) is 3. The maximum atomic E-state index is 11.4. The summed E-state index contributed by atoms with van der Waals surface area (Å²) in [5.74, 6) is -0.629. The lowest BCUT2D eigenvalue weighted by atomic mass is 10.3. The van der Waals surface area contributed by atoms with E-state index >= 15 is 0 Å². The second-order valence-electron chi connectivity index (χ2n) is 5.37. The normalized spacial score (nSPS) is 22.4. The van der Waals surface area contributed by atoms with E-state index in [9.17, 15) is 4.79 Å². The predicted octanol–water partition coefficient (Wildman–Crippen LogP) is 1.41. The quantitative estimate of drug-likeness (QED) is 0.647. The fourth-order valence-electron chi connectivity index (χ4n) is 1.82. The Bertz CT molecular complexity index is 266. The molecule has 1 atom stereocenters. The van der Waals surface area contributed by atoms with Crippen molar-refractivity contribution in [2.75, 3.05) is 33.9 Å². The van der Waals surface area contributed by atoms with E-state index in [0.29, 0.717) is 26.1 Å². The van der Waals surface area contributed by atoms with Gasteiger partial charge in [-0.25, -0.2) is 0 Å². The average molecular weight is 259 g/mol. The lowest BCUT2D eigenvalue weighted by Crippen LogP contribution is -2.22. The van der Waals surface area contributed by atoms with Crippen LogP contribution in [-0.4, -0.2) is 56.6 Å². The molecule has 0 N–H and O–H groups in total. The molecule has 106 valence electrons. The van der Waals surface area contributed by atoms with Gasteiger partial charge in [0.25, 0.3) is 0 Å². The van der Waals surface area contributed by atoms with Gasteiger partial charge in [-0.2, -0.15) is 0 Å². The molecule has 1 aliphatic rings. The summed E-state index contributed by atoms with van der Waals surface area (Å²) in [6.45, 7) is 5.67. The van der Waals surface area contributed by atoms with Gasteiger partial charge in [0, 0.05) is 12.8 Å². The third kappa shape index (κ3) is 6.33. The van der Waals surface area contributed by atoms with Crippen molar-refractivity contribution in [3.63, 3.8) is 0 Å². The summed E-state index contributed by atoms with van der Waals surface area (Å²) in [5.41, 5.74) is 0. The Kier molecular flexibility index (Phi) is 6.05. The number of nitrogens with zero attached hydrogens (tertiary/aromatic N) is 1. The molecule has 1 fully saturated rings. The van der Waals surface area contributed by atoms with Crippen LogP contribution >= 0.6 is 0 Å². The molecule has 0 spiro atoms. The van der Waals surface area contributed by atoms with Gasteiger partial charge in [0.15, 0.2) is 5.79 Å². The Morgan fingerprint density at radius 2 is 2.17 bits per heavy atom. The molecule has 0 aliphatic carbocycles. The summed E-state index contributed by atoms with van der Waals surface area (Å²) in [6, 6.07) is 0. The van der Waals surface area contributed by atoms with Crippen molar-refractivity contribution in [1.82, 2.24) is 4.90 Å². The second kappa shape index (κ2) is 7.07. The molecule has 0 aromatic rings. The standard InChI is InChI=1S/C13H25NO4/c1-13(2)17-10-11(18-13)7-9-16-12(15)6-5-8-14(3)4/h11H,5-10H2,1-4H3.